The lowest BCUT2D eigenvalue weighted by atomic mass is 10.1. The highest BCUT2D eigenvalue weighted by atomic mass is 32.1. The van der Waals surface area contributed by atoms with Crippen LogP contribution in [0.1, 0.15) is 15.9 Å². The number of amides is 1. The van der Waals surface area contributed by atoms with E-state index in [1.807, 2.05) is 41.8 Å². The van der Waals surface area contributed by atoms with E-state index in [9.17, 15) is 9.90 Å². The molecule has 0 saturated carbocycles. The highest BCUT2D eigenvalue weighted by Crippen LogP contribution is 2.29. The molecule has 3 aromatic rings. The van der Waals surface area contributed by atoms with Gasteiger partial charge >= 0.3 is 0 Å². The molecule has 0 aliphatic rings. The van der Waals surface area contributed by atoms with Gasteiger partial charge < -0.3 is 10.4 Å². The quantitative estimate of drug-likeness (QED) is 0.772. The topological polar surface area (TPSA) is 49.3 Å². The average molecular weight is 283 g/mol. The largest absolute Gasteiger partial charge is 0.508 e. The maximum Gasteiger partial charge on any atom is 0.253 e. The number of hydrogen-bond acceptors (Lipinski definition) is 3. The normalized spacial score (nSPS) is 10.6. The van der Waals surface area contributed by atoms with Gasteiger partial charge in [0.1, 0.15) is 5.75 Å². The lowest BCUT2D eigenvalue weighted by Crippen LogP contribution is -2.22. The number of aromatic hydroxyl groups is 1. The Bertz CT molecular complexity index is 750. The monoisotopic (exact) mass is 283 g/mol. The Morgan fingerprint density at radius 3 is 2.75 bits per heavy atom. The molecule has 0 bridgehead atoms. The van der Waals surface area contributed by atoms with E-state index < -0.39 is 0 Å². The number of carbonyl (C=O) groups excluding carboxylic acids is 1. The van der Waals surface area contributed by atoms with Crippen molar-refractivity contribution in [1.82, 2.24) is 5.32 Å². The van der Waals surface area contributed by atoms with Gasteiger partial charge in [-0.1, -0.05) is 30.3 Å². The van der Waals surface area contributed by atoms with Gasteiger partial charge in [0.25, 0.3) is 5.91 Å². The van der Waals surface area contributed by atoms with E-state index in [0.29, 0.717) is 12.1 Å². The summed E-state index contributed by atoms with van der Waals surface area (Å²) < 4.78 is 0.993. The lowest BCUT2D eigenvalue weighted by molar-refractivity contribution is 0.0953. The SMILES string of the molecule is O=C(NCc1ccccc1)c1csc2ccc(O)cc12. The molecule has 0 saturated heterocycles. The maximum atomic E-state index is 12.2. The Morgan fingerprint density at radius 1 is 1.15 bits per heavy atom. The van der Waals surface area contributed by atoms with E-state index in [1.165, 1.54) is 11.3 Å². The van der Waals surface area contributed by atoms with Crippen LogP contribution in [0.5, 0.6) is 5.75 Å². The van der Waals surface area contributed by atoms with E-state index in [2.05, 4.69) is 5.32 Å². The van der Waals surface area contributed by atoms with Gasteiger partial charge in [-0.3, -0.25) is 4.79 Å². The summed E-state index contributed by atoms with van der Waals surface area (Å²) in [5.74, 6) is 0.0544. The number of thiophene rings is 1. The van der Waals surface area contributed by atoms with Crippen LogP contribution in [-0.4, -0.2) is 11.0 Å². The van der Waals surface area contributed by atoms with Crippen molar-refractivity contribution in [2.75, 3.05) is 0 Å². The number of phenolic OH excluding ortho intramolecular Hbond substituents is 1. The number of phenols is 1. The molecular formula is C16H13NO2S. The van der Waals surface area contributed by atoms with Crippen LogP contribution in [0.15, 0.2) is 53.9 Å². The van der Waals surface area contributed by atoms with Gasteiger partial charge in [0.05, 0.1) is 5.56 Å². The predicted octanol–water partition coefficient (Wildman–Crippen LogP) is 3.54. The van der Waals surface area contributed by atoms with Crippen molar-refractivity contribution in [3.05, 3.63) is 65.0 Å². The second-order valence-electron chi connectivity index (χ2n) is 4.50. The van der Waals surface area contributed by atoms with Crippen LogP contribution in [0.3, 0.4) is 0 Å². The molecule has 0 unspecified atom stereocenters. The second-order valence-corrected chi connectivity index (χ2v) is 5.41. The molecule has 1 aromatic heterocycles. The molecule has 0 aliphatic heterocycles. The molecule has 100 valence electrons. The first kappa shape index (κ1) is 12.7. The molecule has 1 heterocycles. The molecule has 0 fully saturated rings. The van der Waals surface area contributed by atoms with E-state index in [4.69, 9.17) is 0 Å². The molecule has 3 rings (SSSR count). The number of fused-ring (bicyclic) bond motifs is 1. The summed E-state index contributed by atoms with van der Waals surface area (Å²) >= 11 is 1.50. The maximum absolute atomic E-state index is 12.2. The molecule has 20 heavy (non-hydrogen) atoms. The van der Waals surface area contributed by atoms with Crippen LogP contribution in [0.4, 0.5) is 0 Å². The third kappa shape index (κ3) is 2.51. The summed E-state index contributed by atoms with van der Waals surface area (Å²) in [5.41, 5.74) is 1.67. The Labute approximate surface area is 120 Å². The van der Waals surface area contributed by atoms with Gasteiger partial charge in [-0.25, -0.2) is 0 Å². The molecule has 0 atom stereocenters. The summed E-state index contributed by atoms with van der Waals surface area (Å²) in [7, 11) is 0. The fourth-order valence-electron chi connectivity index (χ4n) is 2.07. The zero-order valence-electron chi connectivity index (χ0n) is 10.7. The summed E-state index contributed by atoms with van der Waals surface area (Å²) in [4.78, 5) is 12.2. The summed E-state index contributed by atoms with van der Waals surface area (Å²) in [6.45, 7) is 0.496. The second kappa shape index (κ2) is 5.35. The number of hydrogen-bond donors (Lipinski definition) is 2. The van der Waals surface area contributed by atoms with Crippen LogP contribution >= 0.6 is 11.3 Å². The molecule has 1 amide bonds. The van der Waals surface area contributed by atoms with Crippen molar-refractivity contribution >= 4 is 27.3 Å². The van der Waals surface area contributed by atoms with E-state index in [-0.39, 0.29) is 11.7 Å². The van der Waals surface area contributed by atoms with Crippen LogP contribution in [0, 0.1) is 0 Å². The minimum absolute atomic E-state index is 0.120. The summed E-state index contributed by atoms with van der Waals surface area (Å²) in [5, 5.41) is 15.1. The minimum Gasteiger partial charge on any atom is -0.508 e. The molecule has 2 N–H and O–H groups in total. The Morgan fingerprint density at radius 2 is 1.95 bits per heavy atom. The van der Waals surface area contributed by atoms with E-state index in [1.54, 1.807) is 12.1 Å². The minimum atomic E-state index is -0.120. The zero-order valence-corrected chi connectivity index (χ0v) is 11.5. The molecule has 0 radical (unpaired) electrons. The van der Waals surface area contributed by atoms with Crippen LogP contribution in [0.2, 0.25) is 0 Å². The Kier molecular flexibility index (Phi) is 3.39. The highest BCUT2D eigenvalue weighted by Gasteiger charge is 2.12. The molecular weight excluding hydrogens is 270 g/mol. The van der Waals surface area contributed by atoms with Crippen molar-refractivity contribution in [2.24, 2.45) is 0 Å². The smallest absolute Gasteiger partial charge is 0.253 e. The zero-order chi connectivity index (χ0) is 13.9. The first-order chi connectivity index (χ1) is 9.74. The van der Waals surface area contributed by atoms with Crippen molar-refractivity contribution in [1.29, 1.82) is 0 Å². The van der Waals surface area contributed by atoms with Gasteiger partial charge in [-0.15, -0.1) is 11.3 Å². The van der Waals surface area contributed by atoms with Crippen LogP contribution in [-0.2, 0) is 6.54 Å². The average Bonchev–Trinajstić information content (AvgIpc) is 2.89. The third-order valence-electron chi connectivity index (χ3n) is 3.10. The summed E-state index contributed by atoms with van der Waals surface area (Å²) in [6.07, 6.45) is 0. The molecule has 0 aliphatic carbocycles. The first-order valence-electron chi connectivity index (χ1n) is 6.26. The van der Waals surface area contributed by atoms with Crippen molar-refractivity contribution in [2.45, 2.75) is 6.54 Å². The standard InChI is InChI=1S/C16H13NO2S/c18-12-6-7-15-13(8-12)14(10-20-15)16(19)17-9-11-4-2-1-3-5-11/h1-8,10,18H,9H2,(H,17,19). The van der Waals surface area contributed by atoms with Gasteiger partial charge in [0.2, 0.25) is 0 Å². The predicted molar refractivity (Wildman–Crippen MR) is 81.1 cm³/mol. The van der Waals surface area contributed by atoms with Crippen LogP contribution < -0.4 is 5.32 Å². The lowest BCUT2D eigenvalue weighted by Gasteiger charge is -2.04. The number of rotatable bonds is 3. The number of benzene rings is 2. The highest BCUT2D eigenvalue weighted by molar-refractivity contribution is 7.17. The van der Waals surface area contributed by atoms with Crippen molar-refractivity contribution in [3.8, 4) is 5.75 Å². The van der Waals surface area contributed by atoms with Crippen LogP contribution in [0.25, 0.3) is 10.1 Å². The first-order valence-corrected chi connectivity index (χ1v) is 7.14. The Balaban J connectivity index is 1.80. The fraction of sp³-hybridized carbons (Fsp3) is 0.0625. The van der Waals surface area contributed by atoms with E-state index >= 15 is 0 Å². The molecule has 4 heteroatoms. The van der Waals surface area contributed by atoms with E-state index in [0.717, 1.165) is 15.6 Å². The Hall–Kier alpha value is -2.33. The molecule has 0 spiro atoms. The number of carbonyl (C=O) groups is 1. The van der Waals surface area contributed by atoms with Crippen molar-refractivity contribution < 1.29 is 9.90 Å². The van der Waals surface area contributed by atoms with Crippen molar-refractivity contribution in [3.63, 3.8) is 0 Å². The molecule has 2 aromatic carbocycles. The number of nitrogens with one attached hydrogen (secondary N) is 1. The molecule has 3 nitrogen and oxygen atoms in total. The van der Waals surface area contributed by atoms with Gasteiger partial charge in [0, 0.05) is 22.0 Å². The van der Waals surface area contributed by atoms with Gasteiger partial charge in [-0.2, -0.15) is 0 Å². The summed E-state index contributed by atoms with van der Waals surface area (Å²) in [6, 6.07) is 14.9. The fourth-order valence-corrected chi connectivity index (χ4v) is 2.99. The van der Waals surface area contributed by atoms with Gasteiger partial charge in [0.15, 0.2) is 0 Å². The third-order valence-corrected chi connectivity index (χ3v) is 4.06. The van der Waals surface area contributed by atoms with Gasteiger partial charge in [-0.05, 0) is 23.8 Å².